The van der Waals surface area contributed by atoms with E-state index in [0.717, 1.165) is 44.6 Å². The maximum absolute atomic E-state index is 13.7. The van der Waals surface area contributed by atoms with Crippen LogP contribution in [0.15, 0.2) is 24.3 Å². The molecule has 0 aromatic heterocycles. The van der Waals surface area contributed by atoms with Crippen molar-refractivity contribution in [1.82, 2.24) is 10.2 Å². The van der Waals surface area contributed by atoms with E-state index in [1.807, 2.05) is 12.1 Å². The molecule has 1 saturated heterocycles. The van der Waals surface area contributed by atoms with Gasteiger partial charge in [0.25, 0.3) is 0 Å². The number of hydrogen-bond acceptors (Lipinski definition) is 2. The van der Waals surface area contributed by atoms with Crippen molar-refractivity contribution in [3.8, 4) is 0 Å². The molecule has 0 bridgehead atoms. The van der Waals surface area contributed by atoms with Gasteiger partial charge in [0.15, 0.2) is 0 Å². The Kier molecular flexibility index (Phi) is 4.36. The molecule has 2 rings (SSSR count). The van der Waals surface area contributed by atoms with Crippen LogP contribution in [0.25, 0.3) is 0 Å². The third-order valence-electron chi connectivity index (χ3n) is 4.16. The lowest BCUT2D eigenvalue weighted by molar-refractivity contribution is 0.117. The Morgan fingerprint density at radius 1 is 1.28 bits per heavy atom. The number of benzene rings is 1. The minimum Gasteiger partial charge on any atom is -0.309 e. The van der Waals surface area contributed by atoms with Crippen molar-refractivity contribution in [2.24, 2.45) is 0 Å². The monoisotopic (exact) mass is 250 g/mol. The average molecular weight is 250 g/mol. The van der Waals surface area contributed by atoms with Gasteiger partial charge in [-0.15, -0.1) is 0 Å². The first-order chi connectivity index (χ1) is 8.69. The van der Waals surface area contributed by atoms with E-state index in [4.69, 9.17) is 0 Å². The number of nitrogens with one attached hydrogen (secondary N) is 1. The van der Waals surface area contributed by atoms with Crippen LogP contribution in [-0.2, 0) is 6.54 Å². The molecule has 1 N–H and O–H groups in total. The summed E-state index contributed by atoms with van der Waals surface area (Å²) in [5.41, 5.74) is 1.02. The van der Waals surface area contributed by atoms with Crippen molar-refractivity contribution in [3.05, 3.63) is 35.6 Å². The molecular formula is C15H23FN2. The lowest BCUT2D eigenvalue weighted by atomic mass is 9.90. The topological polar surface area (TPSA) is 15.3 Å². The standard InChI is InChI=1S/C15H23FN2/c1-3-15(4-2)12-18(10-9-17-15)11-13-7-5-6-8-14(13)16/h5-8,17H,3-4,9-12H2,1-2H3. The molecule has 3 heteroatoms. The molecule has 0 unspecified atom stereocenters. The summed E-state index contributed by atoms with van der Waals surface area (Å²) in [5.74, 6) is -0.0883. The van der Waals surface area contributed by atoms with Crippen LogP contribution in [0.4, 0.5) is 4.39 Å². The van der Waals surface area contributed by atoms with Crippen LogP contribution >= 0.6 is 0 Å². The average Bonchev–Trinajstić information content (AvgIpc) is 2.41. The predicted octanol–water partition coefficient (Wildman–Crippen LogP) is 2.79. The van der Waals surface area contributed by atoms with Crippen LogP contribution in [0.5, 0.6) is 0 Å². The molecule has 1 aromatic rings. The Bertz CT molecular complexity index is 388. The minimum atomic E-state index is -0.0883. The SMILES string of the molecule is CCC1(CC)CN(Cc2ccccc2F)CCN1. The maximum atomic E-state index is 13.7. The van der Waals surface area contributed by atoms with E-state index >= 15 is 0 Å². The van der Waals surface area contributed by atoms with Crippen LogP contribution < -0.4 is 5.32 Å². The second-order valence-corrected chi connectivity index (χ2v) is 5.22. The molecule has 100 valence electrons. The van der Waals surface area contributed by atoms with Gasteiger partial charge in [-0.25, -0.2) is 4.39 Å². The van der Waals surface area contributed by atoms with E-state index in [0.29, 0.717) is 0 Å². The fraction of sp³-hybridized carbons (Fsp3) is 0.600. The van der Waals surface area contributed by atoms with Crippen molar-refractivity contribution in [2.75, 3.05) is 19.6 Å². The molecule has 1 fully saturated rings. The second-order valence-electron chi connectivity index (χ2n) is 5.22. The zero-order valence-electron chi connectivity index (χ0n) is 11.4. The van der Waals surface area contributed by atoms with Crippen LogP contribution in [0, 0.1) is 5.82 Å². The predicted molar refractivity (Wildman–Crippen MR) is 73.0 cm³/mol. The zero-order valence-corrected chi connectivity index (χ0v) is 11.4. The highest BCUT2D eigenvalue weighted by atomic mass is 19.1. The first-order valence-corrected chi connectivity index (χ1v) is 6.90. The van der Waals surface area contributed by atoms with E-state index in [1.165, 1.54) is 0 Å². The third-order valence-corrected chi connectivity index (χ3v) is 4.16. The van der Waals surface area contributed by atoms with Crippen LogP contribution in [0.2, 0.25) is 0 Å². The zero-order chi connectivity index (χ0) is 13.0. The van der Waals surface area contributed by atoms with E-state index in [9.17, 15) is 4.39 Å². The van der Waals surface area contributed by atoms with Crippen LogP contribution in [0.3, 0.4) is 0 Å². The quantitative estimate of drug-likeness (QED) is 0.884. The Morgan fingerprint density at radius 2 is 2.00 bits per heavy atom. The van der Waals surface area contributed by atoms with Crippen LogP contribution in [0.1, 0.15) is 32.3 Å². The van der Waals surface area contributed by atoms with Crippen molar-refractivity contribution in [1.29, 1.82) is 0 Å². The van der Waals surface area contributed by atoms with Gasteiger partial charge in [-0.1, -0.05) is 32.0 Å². The lowest BCUT2D eigenvalue weighted by Gasteiger charge is -2.43. The number of hydrogen-bond donors (Lipinski definition) is 1. The Balaban J connectivity index is 2.04. The summed E-state index contributed by atoms with van der Waals surface area (Å²) in [6.07, 6.45) is 2.24. The molecule has 1 aromatic carbocycles. The Morgan fingerprint density at radius 3 is 2.67 bits per heavy atom. The van der Waals surface area contributed by atoms with Gasteiger partial charge in [-0.3, -0.25) is 4.90 Å². The van der Waals surface area contributed by atoms with E-state index in [-0.39, 0.29) is 11.4 Å². The van der Waals surface area contributed by atoms with Gasteiger partial charge >= 0.3 is 0 Å². The molecule has 18 heavy (non-hydrogen) atoms. The van der Waals surface area contributed by atoms with Crippen molar-refractivity contribution in [3.63, 3.8) is 0 Å². The highest BCUT2D eigenvalue weighted by Gasteiger charge is 2.31. The number of halogens is 1. The molecule has 1 aliphatic rings. The molecule has 0 saturated carbocycles. The summed E-state index contributed by atoms with van der Waals surface area (Å²) in [7, 11) is 0. The fourth-order valence-electron chi connectivity index (χ4n) is 2.77. The normalized spacial score (nSPS) is 19.9. The molecule has 0 radical (unpaired) electrons. The van der Waals surface area contributed by atoms with E-state index < -0.39 is 0 Å². The minimum absolute atomic E-state index is 0.0883. The number of rotatable bonds is 4. The Labute approximate surface area is 109 Å². The molecule has 0 aliphatic carbocycles. The van der Waals surface area contributed by atoms with Gasteiger partial charge in [0.05, 0.1) is 0 Å². The van der Waals surface area contributed by atoms with Gasteiger partial charge < -0.3 is 5.32 Å². The molecule has 1 aliphatic heterocycles. The van der Waals surface area contributed by atoms with Crippen LogP contribution in [-0.4, -0.2) is 30.1 Å². The largest absolute Gasteiger partial charge is 0.309 e. The molecular weight excluding hydrogens is 227 g/mol. The molecule has 2 nitrogen and oxygen atoms in total. The first kappa shape index (κ1) is 13.5. The smallest absolute Gasteiger partial charge is 0.127 e. The molecule has 1 heterocycles. The second kappa shape index (κ2) is 5.81. The maximum Gasteiger partial charge on any atom is 0.127 e. The van der Waals surface area contributed by atoms with Gasteiger partial charge in [-0.2, -0.15) is 0 Å². The molecule has 0 atom stereocenters. The highest BCUT2D eigenvalue weighted by molar-refractivity contribution is 5.17. The summed E-state index contributed by atoms with van der Waals surface area (Å²) < 4.78 is 13.7. The Hall–Kier alpha value is -0.930. The fourth-order valence-corrected chi connectivity index (χ4v) is 2.77. The summed E-state index contributed by atoms with van der Waals surface area (Å²) in [6.45, 7) is 8.17. The van der Waals surface area contributed by atoms with Gasteiger partial charge in [0.2, 0.25) is 0 Å². The summed E-state index contributed by atoms with van der Waals surface area (Å²) in [4.78, 5) is 2.36. The molecule has 0 spiro atoms. The summed E-state index contributed by atoms with van der Waals surface area (Å²) >= 11 is 0. The van der Waals surface area contributed by atoms with Crippen molar-refractivity contribution in [2.45, 2.75) is 38.8 Å². The number of piperazine rings is 1. The van der Waals surface area contributed by atoms with Gasteiger partial charge in [-0.05, 0) is 18.9 Å². The van der Waals surface area contributed by atoms with Gasteiger partial charge in [0, 0.05) is 37.3 Å². The summed E-state index contributed by atoms with van der Waals surface area (Å²) in [6, 6.07) is 7.09. The summed E-state index contributed by atoms with van der Waals surface area (Å²) in [5, 5.41) is 3.63. The van der Waals surface area contributed by atoms with Crippen molar-refractivity contribution < 1.29 is 4.39 Å². The van der Waals surface area contributed by atoms with E-state index in [2.05, 4.69) is 24.1 Å². The molecule has 0 amide bonds. The highest BCUT2D eigenvalue weighted by Crippen LogP contribution is 2.21. The lowest BCUT2D eigenvalue weighted by Crippen LogP contribution is -2.59. The third kappa shape index (κ3) is 2.90. The van der Waals surface area contributed by atoms with Gasteiger partial charge in [0.1, 0.15) is 5.82 Å². The first-order valence-electron chi connectivity index (χ1n) is 6.90. The van der Waals surface area contributed by atoms with E-state index in [1.54, 1.807) is 12.1 Å². The number of nitrogens with zero attached hydrogens (tertiary/aromatic N) is 1. The van der Waals surface area contributed by atoms with Crippen molar-refractivity contribution >= 4 is 0 Å².